The molecular weight excluding hydrogens is 262 g/mol. The maximum Gasteiger partial charge on any atom is 0.168 e. The van der Waals surface area contributed by atoms with Gasteiger partial charge in [0.05, 0.1) is 13.2 Å². The molecule has 3 rings (SSSR count). The van der Waals surface area contributed by atoms with Gasteiger partial charge < -0.3 is 15.2 Å². The highest BCUT2D eigenvalue weighted by Crippen LogP contribution is 2.42. The average molecular weight is 289 g/mol. The summed E-state index contributed by atoms with van der Waals surface area (Å²) in [6.45, 7) is 5.94. The third-order valence-electron chi connectivity index (χ3n) is 5.18. The third kappa shape index (κ3) is 3.01. The Bertz CT molecular complexity index is 471. The summed E-state index contributed by atoms with van der Waals surface area (Å²) in [7, 11) is 0. The first-order chi connectivity index (χ1) is 10.0. The van der Waals surface area contributed by atoms with Gasteiger partial charge in [-0.1, -0.05) is 43.7 Å². The Morgan fingerprint density at radius 1 is 1.10 bits per heavy atom. The van der Waals surface area contributed by atoms with Crippen molar-refractivity contribution in [3.63, 3.8) is 0 Å². The molecule has 0 bridgehead atoms. The standard InChI is InChI=1S/C18H27NO2/c1-14(2)15-4-3-5-16(7-6-15)17(19)8-10-18(11-9-17)20-12-13-21-18/h3-5,7,14H,6,8-13,19H2,1-2H3. The maximum atomic E-state index is 6.72. The van der Waals surface area contributed by atoms with Crippen LogP contribution in [0.5, 0.6) is 0 Å². The van der Waals surface area contributed by atoms with Gasteiger partial charge in [-0.25, -0.2) is 0 Å². The zero-order valence-electron chi connectivity index (χ0n) is 13.2. The number of hydrogen-bond donors (Lipinski definition) is 1. The highest BCUT2D eigenvalue weighted by atomic mass is 16.7. The van der Waals surface area contributed by atoms with Gasteiger partial charge >= 0.3 is 0 Å². The van der Waals surface area contributed by atoms with Crippen LogP contribution in [0.1, 0.15) is 46.0 Å². The van der Waals surface area contributed by atoms with Crippen molar-refractivity contribution in [3.8, 4) is 0 Å². The summed E-state index contributed by atoms with van der Waals surface area (Å²) in [5.74, 6) is 0.257. The normalized spacial score (nSPS) is 27.6. The van der Waals surface area contributed by atoms with E-state index in [1.165, 1.54) is 11.1 Å². The molecule has 0 radical (unpaired) electrons. The van der Waals surface area contributed by atoms with Crippen LogP contribution in [-0.4, -0.2) is 24.5 Å². The number of hydrogen-bond acceptors (Lipinski definition) is 3. The predicted molar refractivity (Wildman–Crippen MR) is 84.8 cm³/mol. The molecule has 1 heterocycles. The van der Waals surface area contributed by atoms with E-state index in [0.717, 1.165) is 45.3 Å². The summed E-state index contributed by atoms with van der Waals surface area (Å²) in [6.07, 6.45) is 13.6. The molecule has 0 aromatic heterocycles. The maximum absolute atomic E-state index is 6.72. The van der Waals surface area contributed by atoms with Crippen LogP contribution >= 0.6 is 0 Å². The van der Waals surface area contributed by atoms with Gasteiger partial charge in [0.15, 0.2) is 5.79 Å². The van der Waals surface area contributed by atoms with Crippen LogP contribution in [0.2, 0.25) is 0 Å². The fraction of sp³-hybridized carbons (Fsp3) is 0.667. The smallest absolute Gasteiger partial charge is 0.168 e. The minimum absolute atomic E-state index is 0.225. The third-order valence-corrected chi connectivity index (χ3v) is 5.18. The van der Waals surface area contributed by atoms with Crippen molar-refractivity contribution in [3.05, 3.63) is 35.5 Å². The summed E-state index contributed by atoms with van der Waals surface area (Å²) < 4.78 is 11.6. The van der Waals surface area contributed by atoms with Crippen LogP contribution < -0.4 is 5.73 Å². The molecule has 0 aromatic carbocycles. The predicted octanol–water partition coefficient (Wildman–Crippen LogP) is 3.47. The number of allylic oxidation sites excluding steroid dienone is 4. The first kappa shape index (κ1) is 15.0. The lowest BCUT2D eigenvalue weighted by atomic mass is 9.74. The van der Waals surface area contributed by atoms with E-state index in [2.05, 4.69) is 38.2 Å². The second-order valence-electron chi connectivity index (χ2n) is 6.88. The Balaban J connectivity index is 1.70. The molecule has 0 amide bonds. The van der Waals surface area contributed by atoms with Gasteiger partial charge in [0, 0.05) is 18.4 Å². The quantitative estimate of drug-likeness (QED) is 0.846. The zero-order chi connectivity index (χ0) is 14.9. The highest BCUT2D eigenvalue weighted by molar-refractivity contribution is 5.38. The van der Waals surface area contributed by atoms with Crippen LogP contribution in [0.25, 0.3) is 0 Å². The largest absolute Gasteiger partial charge is 0.348 e. The summed E-state index contributed by atoms with van der Waals surface area (Å²) in [4.78, 5) is 0. The van der Waals surface area contributed by atoms with E-state index in [-0.39, 0.29) is 11.3 Å². The molecule has 1 saturated heterocycles. The highest BCUT2D eigenvalue weighted by Gasteiger charge is 2.45. The first-order valence-corrected chi connectivity index (χ1v) is 8.18. The first-order valence-electron chi connectivity index (χ1n) is 8.18. The Hall–Kier alpha value is -0.900. The van der Waals surface area contributed by atoms with E-state index >= 15 is 0 Å². The average Bonchev–Trinajstić information content (AvgIpc) is 2.76. The molecule has 0 aromatic rings. The monoisotopic (exact) mass is 289 g/mol. The summed E-state index contributed by atoms with van der Waals surface area (Å²) >= 11 is 0. The SMILES string of the molecule is CC(C)C1=CC=CC(C2(N)CCC3(CC2)OCCO3)=CC1. The number of rotatable bonds is 2. The molecule has 1 spiro atoms. The van der Waals surface area contributed by atoms with E-state index < -0.39 is 0 Å². The minimum atomic E-state index is -0.334. The summed E-state index contributed by atoms with van der Waals surface area (Å²) in [5, 5.41) is 0. The van der Waals surface area contributed by atoms with Crippen molar-refractivity contribution in [2.45, 2.75) is 57.3 Å². The molecule has 2 N–H and O–H groups in total. The summed E-state index contributed by atoms with van der Waals surface area (Å²) in [6, 6.07) is 0. The van der Waals surface area contributed by atoms with Gasteiger partial charge in [-0.15, -0.1) is 0 Å². The van der Waals surface area contributed by atoms with Crippen molar-refractivity contribution in [1.82, 2.24) is 0 Å². The van der Waals surface area contributed by atoms with Gasteiger partial charge in [-0.2, -0.15) is 0 Å². The Morgan fingerprint density at radius 3 is 2.38 bits per heavy atom. The van der Waals surface area contributed by atoms with Crippen molar-refractivity contribution < 1.29 is 9.47 Å². The van der Waals surface area contributed by atoms with Crippen molar-refractivity contribution in [2.24, 2.45) is 11.7 Å². The molecule has 2 fully saturated rings. The molecule has 0 atom stereocenters. The fourth-order valence-corrected chi connectivity index (χ4v) is 3.59. The Morgan fingerprint density at radius 2 is 1.76 bits per heavy atom. The van der Waals surface area contributed by atoms with E-state index in [1.807, 2.05) is 0 Å². The zero-order valence-corrected chi connectivity index (χ0v) is 13.2. The molecule has 0 unspecified atom stereocenters. The van der Waals surface area contributed by atoms with Gasteiger partial charge in [0.25, 0.3) is 0 Å². The Kier molecular flexibility index (Phi) is 4.08. The Labute approximate surface area is 127 Å². The summed E-state index contributed by atoms with van der Waals surface area (Å²) in [5.41, 5.74) is 9.25. The van der Waals surface area contributed by atoms with Gasteiger partial charge in [-0.05, 0) is 30.8 Å². The lowest BCUT2D eigenvalue weighted by molar-refractivity contribution is -0.182. The number of nitrogens with two attached hydrogens (primary N) is 1. The van der Waals surface area contributed by atoms with Gasteiger partial charge in [-0.3, -0.25) is 0 Å². The molecule has 116 valence electrons. The van der Waals surface area contributed by atoms with Crippen molar-refractivity contribution in [1.29, 1.82) is 0 Å². The van der Waals surface area contributed by atoms with E-state index in [9.17, 15) is 0 Å². The van der Waals surface area contributed by atoms with E-state index in [4.69, 9.17) is 15.2 Å². The molecule has 3 heteroatoms. The lowest BCUT2D eigenvalue weighted by Gasteiger charge is -2.42. The fourth-order valence-electron chi connectivity index (χ4n) is 3.59. The van der Waals surface area contributed by atoms with Crippen LogP contribution in [0.4, 0.5) is 0 Å². The molecule has 3 nitrogen and oxygen atoms in total. The van der Waals surface area contributed by atoms with Crippen LogP contribution in [0.15, 0.2) is 35.5 Å². The van der Waals surface area contributed by atoms with Crippen molar-refractivity contribution in [2.75, 3.05) is 13.2 Å². The molecular formula is C18H27NO2. The minimum Gasteiger partial charge on any atom is -0.348 e. The van der Waals surface area contributed by atoms with Gasteiger partial charge in [0.2, 0.25) is 0 Å². The van der Waals surface area contributed by atoms with Crippen LogP contribution in [-0.2, 0) is 9.47 Å². The molecule has 2 aliphatic carbocycles. The molecule has 1 saturated carbocycles. The molecule has 1 aliphatic heterocycles. The van der Waals surface area contributed by atoms with E-state index in [0.29, 0.717) is 5.92 Å². The second-order valence-corrected chi connectivity index (χ2v) is 6.88. The van der Waals surface area contributed by atoms with E-state index in [1.54, 1.807) is 0 Å². The molecule has 21 heavy (non-hydrogen) atoms. The molecule has 3 aliphatic rings. The lowest BCUT2D eigenvalue weighted by Crippen LogP contribution is -2.50. The van der Waals surface area contributed by atoms with Crippen LogP contribution in [0.3, 0.4) is 0 Å². The van der Waals surface area contributed by atoms with Gasteiger partial charge in [0.1, 0.15) is 0 Å². The topological polar surface area (TPSA) is 44.5 Å². The van der Waals surface area contributed by atoms with Crippen molar-refractivity contribution >= 4 is 0 Å². The van der Waals surface area contributed by atoms with Crippen LogP contribution in [0, 0.1) is 5.92 Å². The second kappa shape index (κ2) is 5.71. The number of ether oxygens (including phenoxy) is 2.